The van der Waals surface area contributed by atoms with E-state index < -0.39 is 0 Å². The minimum Gasteiger partial charge on any atom is -0.504 e. The van der Waals surface area contributed by atoms with Gasteiger partial charge in [-0.05, 0) is 12.1 Å². The lowest BCUT2D eigenvalue weighted by atomic mass is 10.3. The first-order chi connectivity index (χ1) is 5.76. The molecular formula is C8H11NO3. The first kappa shape index (κ1) is 10.3. The minimum absolute atomic E-state index is 0.181. The van der Waals surface area contributed by atoms with E-state index in [1.807, 2.05) is 0 Å². The summed E-state index contributed by atoms with van der Waals surface area (Å²) in [5, 5.41) is 18.3. The van der Waals surface area contributed by atoms with Gasteiger partial charge >= 0.3 is 0 Å². The minimum atomic E-state index is 0.181. The van der Waals surface area contributed by atoms with Gasteiger partial charge in [0.15, 0.2) is 11.5 Å². The van der Waals surface area contributed by atoms with Crippen molar-refractivity contribution < 1.29 is 15.1 Å². The van der Waals surface area contributed by atoms with E-state index in [-0.39, 0.29) is 5.75 Å². The van der Waals surface area contributed by atoms with Gasteiger partial charge in [-0.25, -0.2) is 0 Å². The molecule has 0 radical (unpaired) electrons. The van der Waals surface area contributed by atoms with Crippen LogP contribution in [0, 0.1) is 0 Å². The van der Waals surface area contributed by atoms with Crippen LogP contribution < -0.4 is 4.74 Å². The lowest BCUT2D eigenvalue weighted by Crippen LogP contribution is -1.80. The van der Waals surface area contributed by atoms with Gasteiger partial charge in [-0.1, -0.05) is 12.1 Å². The van der Waals surface area contributed by atoms with E-state index in [0.29, 0.717) is 5.75 Å². The van der Waals surface area contributed by atoms with Gasteiger partial charge in [-0.2, -0.15) is 0 Å². The monoisotopic (exact) mass is 169 g/mol. The Kier molecular flexibility index (Phi) is 5.17. The van der Waals surface area contributed by atoms with Crippen LogP contribution in [-0.4, -0.2) is 24.1 Å². The number of phenols is 1. The molecule has 4 nitrogen and oxygen atoms in total. The molecule has 0 bridgehead atoms. The highest BCUT2D eigenvalue weighted by molar-refractivity contribution is 5.37. The number of phenolic OH excluding ortho intramolecular Hbond substituents is 1. The third kappa shape index (κ3) is 3.46. The molecule has 1 aromatic rings. The first-order valence-electron chi connectivity index (χ1n) is 3.18. The molecule has 2 N–H and O–H groups in total. The Hall–Kier alpha value is -1.71. The van der Waals surface area contributed by atoms with E-state index in [1.165, 1.54) is 7.11 Å². The van der Waals surface area contributed by atoms with Gasteiger partial charge in [0.2, 0.25) is 0 Å². The Balaban J connectivity index is 0.000000354. The maximum Gasteiger partial charge on any atom is 0.160 e. The number of oxime groups is 1. The molecule has 0 fully saturated rings. The number of benzene rings is 1. The Morgan fingerprint density at radius 1 is 1.42 bits per heavy atom. The Bertz CT molecular complexity index is 237. The van der Waals surface area contributed by atoms with Gasteiger partial charge in [0.25, 0.3) is 0 Å². The Morgan fingerprint density at radius 2 is 1.92 bits per heavy atom. The quantitative estimate of drug-likeness (QED) is 0.380. The number of para-hydroxylation sites is 2. The average Bonchev–Trinajstić information content (AvgIpc) is 2.07. The highest BCUT2D eigenvalue weighted by Gasteiger charge is 1.94. The fourth-order valence-electron chi connectivity index (χ4n) is 0.630. The summed E-state index contributed by atoms with van der Waals surface area (Å²) in [5.74, 6) is 0.692. The van der Waals surface area contributed by atoms with Crippen LogP contribution in [0.3, 0.4) is 0 Å². The summed E-state index contributed by atoms with van der Waals surface area (Å²) in [6.07, 6.45) is 0. The lowest BCUT2D eigenvalue weighted by molar-refractivity contribution is 0.323. The van der Waals surface area contributed by atoms with Crippen LogP contribution in [0.5, 0.6) is 11.5 Å². The van der Waals surface area contributed by atoms with Crippen LogP contribution in [-0.2, 0) is 0 Å². The van der Waals surface area contributed by atoms with E-state index in [0.717, 1.165) is 0 Å². The largest absolute Gasteiger partial charge is 0.504 e. The third-order valence-electron chi connectivity index (χ3n) is 1.09. The summed E-state index contributed by atoms with van der Waals surface area (Å²) in [6, 6.07) is 6.84. The fraction of sp³-hybridized carbons (Fsp3) is 0.125. The van der Waals surface area contributed by atoms with Crippen molar-refractivity contribution in [2.24, 2.45) is 5.16 Å². The topological polar surface area (TPSA) is 62.1 Å². The number of aromatic hydroxyl groups is 1. The molecule has 0 spiro atoms. The predicted molar refractivity (Wildman–Crippen MR) is 46.0 cm³/mol. The van der Waals surface area contributed by atoms with Crippen molar-refractivity contribution in [1.82, 2.24) is 0 Å². The maximum atomic E-state index is 8.99. The van der Waals surface area contributed by atoms with Crippen LogP contribution in [0.25, 0.3) is 0 Å². The van der Waals surface area contributed by atoms with E-state index in [2.05, 4.69) is 11.9 Å². The van der Waals surface area contributed by atoms with Crippen LogP contribution in [0.15, 0.2) is 29.4 Å². The molecule has 0 saturated carbocycles. The number of nitrogens with zero attached hydrogens (tertiary/aromatic N) is 1. The summed E-state index contributed by atoms with van der Waals surface area (Å²) in [4.78, 5) is 0. The Morgan fingerprint density at radius 3 is 2.25 bits per heavy atom. The zero-order chi connectivity index (χ0) is 9.40. The standard InChI is InChI=1S/C7H8O2.CH3NO/c1-9-7-5-3-2-4-6(7)8;1-2-3/h2-5,8H,1H3;3H,1H2. The molecule has 0 aliphatic heterocycles. The molecule has 0 amide bonds. The van der Waals surface area contributed by atoms with E-state index in [4.69, 9.17) is 15.1 Å². The number of hydrogen-bond acceptors (Lipinski definition) is 4. The van der Waals surface area contributed by atoms with Crippen molar-refractivity contribution in [3.63, 3.8) is 0 Å². The molecule has 0 aromatic heterocycles. The number of methoxy groups -OCH3 is 1. The third-order valence-corrected chi connectivity index (χ3v) is 1.09. The van der Waals surface area contributed by atoms with E-state index in [1.54, 1.807) is 24.3 Å². The van der Waals surface area contributed by atoms with E-state index >= 15 is 0 Å². The maximum absolute atomic E-state index is 8.99. The van der Waals surface area contributed by atoms with Crippen LogP contribution >= 0.6 is 0 Å². The second-order valence-electron chi connectivity index (χ2n) is 1.81. The summed E-state index contributed by atoms with van der Waals surface area (Å²) < 4.78 is 4.79. The molecule has 0 atom stereocenters. The van der Waals surface area contributed by atoms with Crippen molar-refractivity contribution in [3.05, 3.63) is 24.3 Å². The van der Waals surface area contributed by atoms with Crippen molar-refractivity contribution in [2.45, 2.75) is 0 Å². The van der Waals surface area contributed by atoms with Gasteiger partial charge < -0.3 is 15.1 Å². The highest BCUT2D eigenvalue weighted by atomic mass is 16.5. The van der Waals surface area contributed by atoms with Gasteiger partial charge in [0, 0.05) is 6.72 Å². The van der Waals surface area contributed by atoms with Gasteiger partial charge in [0.05, 0.1) is 7.11 Å². The molecular weight excluding hydrogens is 158 g/mol. The molecule has 0 unspecified atom stereocenters. The molecule has 4 heteroatoms. The zero-order valence-corrected chi connectivity index (χ0v) is 6.77. The second-order valence-corrected chi connectivity index (χ2v) is 1.81. The van der Waals surface area contributed by atoms with Crippen molar-refractivity contribution in [2.75, 3.05) is 7.11 Å². The molecule has 0 aliphatic rings. The molecule has 1 rings (SSSR count). The Labute approximate surface area is 70.7 Å². The number of ether oxygens (including phenoxy) is 1. The summed E-state index contributed by atoms with van der Waals surface area (Å²) in [5.41, 5.74) is 0. The zero-order valence-electron chi connectivity index (χ0n) is 6.77. The van der Waals surface area contributed by atoms with Crippen LogP contribution in [0.1, 0.15) is 0 Å². The summed E-state index contributed by atoms with van der Waals surface area (Å²) in [7, 11) is 1.52. The lowest BCUT2D eigenvalue weighted by Gasteiger charge is -1.99. The predicted octanol–water partition coefficient (Wildman–Crippen LogP) is 1.48. The van der Waals surface area contributed by atoms with Crippen molar-refractivity contribution >= 4 is 6.72 Å². The van der Waals surface area contributed by atoms with Gasteiger partial charge in [-0.3, -0.25) is 0 Å². The molecule has 66 valence electrons. The average molecular weight is 169 g/mol. The normalized spacial score (nSPS) is 7.75. The molecule has 0 aliphatic carbocycles. The van der Waals surface area contributed by atoms with Crippen molar-refractivity contribution in [1.29, 1.82) is 0 Å². The van der Waals surface area contributed by atoms with Crippen molar-refractivity contribution in [3.8, 4) is 11.5 Å². The first-order valence-corrected chi connectivity index (χ1v) is 3.18. The number of hydrogen-bond donors (Lipinski definition) is 2. The van der Waals surface area contributed by atoms with E-state index in [9.17, 15) is 0 Å². The van der Waals surface area contributed by atoms with Gasteiger partial charge in [0.1, 0.15) is 0 Å². The number of rotatable bonds is 1. The second kappa shape index (κ2) is 6.03. The SMILES string of the molecule is C=NO.COc1ccccc1O. The van der Waals surface area contributed by atoms with Crippen LogP contribution in [0.4, 0.5) is 0 Å². The van der Waals surface area contributed by atoms with Crippen LogP contribution in [0.2, 0.25) is 0 Å². The molecule has 12 heavy (non-hydrogen) atoms. The fourth-order valence-corrected chi connectivity index (χ4v) is 0.630. The summed E-state index contributed by atoms with van der Waals surface area (Å²) in [6.45, 7) is 2.67. The van der Waals surface area contributed by atoms with Gasteiger partial charge in [-0.15, -0.1) is 5.16 Å². The molecule has 1 aromatic carbocycles. The highest BCUT2D eigenvalue weighted by Crippen LogP contribution is 2.22. The molecule has 0 saturated heterocycles. The smallest absolute Gasteiger partial charge is 0.160 e. The summed E-state index contributed by atoms with van der Waals surface area (Å²) >= 11 is 0. The molecule has 0 heterocycles.